The lowest BCUT2D eigenvalue weighted by Crippen LogP contribution is -2.19. The average molecular weight is 544 g/mol. The number of anilines is 1. The van der Waals surface area contributed by atoms with Crippen molar-refractivity contribution in [1.82, 2.24) is 14.5 Å². The van der Waals surface area contributed by atoms with E-state index in [2.05, 4.69) is 15.3 Å². The standard InChI is InChI=1S/C22H22N4O2.C5H8Cl2.C2H6/c1-3-4-19-15-26(16-22(27)25-18-11-13-23-14-12-18)21(24-19)10-7-17-5-8-20(28-2)9-6-17;1-5(2,7)3-4-6;1-2/h3-15H,16H2,1-2H3,(H,23,25,27);3-4H,1-2H3;1-2H3/b4-3+,10-7+;4-3+;. The van der Waals surface area contributed by atoms with E-state index < -0.39 is 0 Å². The summed E-state index contributed by atoms with van der Waals surface area (Å²) in [6.45, 7) is 9.83. The van der Waals surface area contributed by atoms with Gasteiger partial charge >= 0.3 is 0 Å². The summed E-state index contributed by atoms with van der Waals surface area (Å²) in [6.07, 6.45) is 14.5. The van der Waals surface area contributed by atoms with Gasteiger partial charge in [0.25, 0.3) is 0 Å². The number of nitrogens with one attached hydrogen (secondary N) is 1. The summed E-state index contributed by atoms with van der Waals surface area (Å²) in [7, 11) is 1.64. The smallest absolute Gasteiger partial charge is 0.244 e. The Hall–Kier alpha value is -3.35. The maximum atomic E-state index is 12.4. The Morgan fingerprint density at radius 2 is 1.73 bits per heavy atom. The monoisotopic (exact) mass is 542 g/mol. The predicted molar refractivity (Wildman–Crippen MR) is 158 cm³/mol. The summed E-state index contributed by atoms with van der Waals surface area (Å²) >= 11 is 10.9. The molecule has 3 rings (SSSR count). The number of carbonyl (C=O) groups excluding carboxylic acids is 1. The molecular weight excluding hydrogens is 507 g/mol. The van der Waals surface area contributed by atoms with Crippen molar-refractivity contribution in [2.45, 2.75) is 46.0 Å². The van der Waals surface area contributed by atoms with Crippen LogP contribution < -0.4 is 10.1 Å². The number of carbonyl (C=O) groups is 1. The first-order valence-electron chi connectivity index (χ1n) is 11.9. The molecule has 0 bridgehead atoms. The molecule has 3 aromatic rings. The Morgan fingerprint density at radius 3 is 2.24 bits per heavy atom. The zero-order chi connectivity index (χ0) is 27.7. The van der Waals surface area contributed by atoms with Gasteiger partial charge in [0.15, 0.2) is 0 Å². The highest BCUT2D eigenvalue weighted by Gasteiger charge is 2.09. The van der Waals surface area contributed by atoms with Crippen molar-refractivity contribution in [2.24, 2.45) is 0 Å². The Kier molecular flexibility index (Phi) is 14.7. The highest BCUT2D eigenvalue weighted by molar-refractivity contribution is 6.28. The van der Waals surface area contributed by atoms with Crippen LogP contribution in [0.1, 0.15) is 51.7 Å². The lowest BCUT2D eigenvalue weighted by molar-refractivity contribution is -0.116. The molecule has 0 spiro atoms. The van der Waals surface area contributed by atoms with Crippen molar-refractivity contribution in [3.63, 3.8) is 0 Å². The van der Waals surface area contributed by atoms with Crippen molar-refractivity contribution in [3.8, 4) is 5.75 Å². The zero-order valence-electron chi connectivity index (χ0n) is 22.3. The van der Waals surface area contributed by atoms with E-state index >= 15 is 0 Å². The van der Waals surface area contributed by atoms with Crippen molar-refractivity contribution >= 4 is 53.0 Å². The molecule has 2 aromatic heterocycles. The van der Waals surface area contributed by atoms with E-state index in [1.165, 1.54) is 5.54 Å². The number of amides is 1. The first kappa shape index (κ1) is 31.7. The fraction of sp³-hybridized carbons (Fsp3) is 0.276. The lowest BCUT2D eigenvalue weighted by Gasteiger charge is -2.07. The molecule has 1 aromatic carbocycles. The van der Waals surface area contributed by atoms with Crippen molar-refractivity contribution in [2.75, 3.05) is 12.4 Å². The van der Waals surface area contributed by atoms with E-state index in [1.54, 1.807) is 37.7 Å². The minimum atomic E-state index is -0.290. The molecular formula is C29H36Cl2N4O2. The van der Waals surface area contributed by atoms with Crippen LogP contribution in [0.4, 0.5) is 5.69 Å². The van der Waals surface area contributed by atoms with Crippen molar-refractivity contribution in [1.29, 1.82) is 0 Å². The van der Waals surface area contributed by atoms with Crippen LogP contribution in [0.2, 0.25) is 0 Å². The van der Waals surface area contributed by atoms with Gasteiger partial charge < -0.3 is 14.6 Å². The summed E-state index contributed by atoms with van der Waals surface area (Å²) in [5.41, 5.74) is 3.95. The summed E-state index contributed by atoms with van der Waals surface area (Å²) in [5.74, 6) is 1.38. The van der Waals surface area contributed by atoms with Crippen molar-refractivity contribution < 1.29 is 9.53 Å². The molecule has 6 nitrogen and oxygen atoms in total. The van der Waals surface area contributed by atoms with Crippen molar-refractivity contribution in [3.05, 3.63) is 89.8 Å². The van der Waals surface area contributed by atoms with Gasteiger partial charge in [-0.25, -0.2) is 4.98 Å². The number of benzene rings is 1. The van der Waals surface area contributed by atoms with E-state index in [4.69, 9.17) is 27.9 Å². The number of halogens is 2. The van der Waals surface area contributed by atoms with Crippen LogP contribution in [-0.2, 0) is 11.3 Å². The average Bonchev–Trinajstić information content (AvgIpc) is 3.25. The normalized spacial score (nSPS) is 11.1. The molecule has 0 saturated carbocycles. The van der Waals surface area contributed by atoms with Gasteiger partial charge in [0.1, 0.15) is 18.1 Å². The Balaban J connectivity index is 0.000000659. The first-order valence-corrected chi connectivity index (χ1v) is 12.7. The minimum absolute atomic E-state index is 0.130. The maximum absolute atomic E-state index is 12.4. The zero-order valence-corrected chi connectivity index (χ0v) is 23.8. The Bertz CT molecular complexity index is 1150. The summed E-state index contributed by atoms with van der Waals surface area (Å²) in [6, 6.07) is 11.2. The first-order chi connectivity index (χ1) is 17.7. The molecule has 0 atom stereocenters. The molecule has 0 aliphatic rings. The van der Waals surface area contributed by atoms with Gasteiger partial charge in [-0.1, -0.05) is 55.8 Å². The molecule has 198 valence electrons. The van der Waals surface area contributed by atoms with E-state index in [0.29, 0.717) is 11.5 Å². The second-order valence-electron chi connectivity index (χ2n) is 7.90. The van der Waals surface area contributed by atoms with Gasteiger partial charge in [0.2, 0.25) is 5.91 Å². The second-order valence-corrected chi connectivity index (χ2v) is 9.13. The van der Waals surface area contributed by atoms with Crippen LogP contribution >= 0.6 is 23.2 Å². The lowest BCUT2D eigenvalue weighted by atomic mass is 10.2. The van der Waals surface area contributed by atoms with E-state index in [-0.39, 0.29) is 17.3 Å². The maximum Gasteiger partial charge on any atom is 0.244 e. The number of allylic oxidation sites excluding steroid dienone is 2. The van der Waals surface area contributed by atoms with Gasteiger partial charge in [-0.05, 0) is 62.8 Å². The molecule has 0 unspecified atom stereocenters. The molecule has 0 fully saturated rings. The quantitative estimate of drug-likeness (QED) is 0.293. The van der Waals surface area contributed by atoms with Crippen LogP contribution in [-0.4, -0.2) is 32.4 Å². The fourth-order valence-corrected chi connectivity index (χ4v) is 3.23. The fourth-order valence-electron chi connectivity index (χ4n) is 2.79. The third-order valence-corrected chi connectivity index (χ3v) is 4.69. The largest absolute Gasteiger partial charge is 0.497 e. The summed E-state index contributed by atoms with van der Waals surface area (Å²) in [5, 5.41) is 2.86. The van der Waals surface area contributed by atoms with Gasteiger partial charge in [-0.3, -0.25) is 9.78 Å². The molecule has 0 aliphatic carbocycles. The van der Waals surface area contributed by atoms with E-state index in [9.17, 15) is 4.79 Å². The van der Waals surface area contributed by atoms with Crippen LogP contribution in [0.3, 0.4) is 0 Å². The predicted octanol–water partition coefficient (Wildman–Crippen LogP) is 7.91. The Labute approximate surface area is 230 Å². The number of hydrogen-bond acceptors (Lipinski definition) is 4. The molecule has 37 heavy (non-hydrogen) atoms. The number of imidazole rings is 1. The third-order valence-electron chi connectivity index (χ3n) is 4.44. The number of alkyl halides is 1. The second kappa shape index (κ2) is 17.2. The van der Waals surface area contributed by atoms with Gasteiger partial charge in [0.05, 0.1) is 17.7 Å². The summed E-state index contributed by atoms with van der Waals surface area (Å²) < 4.78 is 7.00. The number of methoxy groups -OCH3 is 1. The molecule has 0 radical (unpaired) electrons. The minimum Gasteiger partial charge on any atom is -0.497 e. The third kappa shape index (κ3) is 13.0. The molecule has 0 aliphatic heterocycles. The van der Waals surface area contributed by atoms with Gasteiger partial charge in [-0.2, -0.15) is 0 Å². The summed E-state index contributed by atoms with van der Waals surface area (Å²) in [4.78, 5) is 20.7. The highest BCUT2D eigenvalue weighted by Crippen LogP contribution is 2.15. The van der Waals surface area contributed by atoms with E-state index in [1.807, 2.05) is 94.0 Å². The van der Waals surface area contributed by atoms with Crippen LogP contribution in [0.5, 0.6) is 5.75 Å². The van der Waals surface area contributed by atoms with Gasteiger partial charge in [-0.15, -0.1) is 11.6 Å². The SMILES string of the molecule is C/C=C/c1cn(CC(=O)Nc2ccncc2)c(/C=C/c2ccc(OC)cc2)n1.CC.CC(C)(Cl)/C=C/Cl. The number of nitrogens with zero attached hydrogens (tertiary/aromatic N) is 3. The highest BCUT2D eigenvalue weighted by atomic mass is 35.5. The topological polar surface area (TPSA) is 69.0 Å². The number of pyridine rings is 1. The number of hydrogen-bond donors (Lipinski definition) is 1. The molecule has 1 N–H and O–H groups in total. The van der Waals surface area contributed by atoms with Gasteiger partial charge in [0, 0.05) is 29.8 Å². The van der Waals surface area contributed by atoms with Crippen LogP contribution in [0.15, 0.2) is 72.7 Å². The molecule has 0 saturated heterocycles. The molecule has 8 heteroatoms. The number of ether oxygens (including phenoxy) is 1. The van der Waals surface area contributed by atoms with Crippen LogP contribution in [0, 0.1) is 0 Å². The molecule has 1 amide bonds. The Morgan fingerprint density at radius 1 is 1.08 bits per heavy atom. The number of aromatic nitrogens is 3. The number of rotatable bonds is 8. The van der Waals surface area contributed by atoms with E-state index in [0.717, 1.165) is 17.0 Å². The van der Waals surface area contributed by atoms with Crippen LogP contribution in [0.25, 0.3) is 18.2 Å². The molecule has 2 heterocycles.